The molecule has 1 aliphatic rings. The van der Waals surface area contributed by atoms with Crippen LogP contribution in [0.5, 0.6) is 0 Å². The summed E-state index contributed by atoms with van der Waals surface area (Å²) in [6.45, 7) is 8.69. The first kappa shape index (κ1) is 16.4. The van der Waals surface area contributed by atoms with Gasteiger partial charge in [0, 0.05) is 33.3 Å². The Hall–Kier alpha value is -0.650. The van der Waals surface area contributed by atoms with E-state index in [-0.39, 0.29) is 5.97 Å². The van der Waals surface area contributed by atoms with Crippen molar-refractivity contribution >= 4 is 5.97 Å². The number of esters is 1. The molecule has 1 saturated heterocycles. The first-order valence-corrected chi connectivity index (χ1v) is 7.09. The Morgan fingerprint density at radius 2 is 1.95 bits per heavy atom. The molecule has 0 amide bonds. The van der Waals surface area contributed by atoms with Gasteiger partial charge in [-0.15, -0.1) is 0 Å². The number of methoxy groups -OCH3 is 2. The average Bonchev–Trinajstić information content (AvgIpc) is 2.39. The van der Waals surface area contributed by atoms with Crippen LogP contribution in [0.3, 0.4) is 0 Å². The van der Waals surface area contributed by atoms with Gasteiger partial charge >= 0.3 is 5.97 Å². The van der Waals surface area contributed by atoms with E-state index in [4.69, 9.17) is 9.47 Å². The quantitative estimate of drug-likeness (QED) is 0.551. The number of hydrogen-bond donors (Lipinski definition) is 1. The Kier molecular flexibility index (Phi) is 6.75. The predicted octanol–water partition coefficient (Wildman–Crippen LogP) is 0.886. The highest BCUT2D eigenvalue weighted by Gasteiger charge is 2.41. The molecule has 5 nitrogen and oxygen atoms in total. The largest absolute Gasteiger partial charge is 0.468 e. The Morgan fingerprint density at radius 3 is 2.42 bits per heavy atom. The maximum atomic E-state index is 12.1. The van der Waals surface area contributed by atoms with E-state index < -0.39 is 5.54 Å². The van der Waals surface area contributed by atoms with E-state index in [1.807, 2.05) is 0 Å². The molecule has 0 atom stereocenters. The van der Waals surface area contributed by atoms with Gasteiger partial charge in [-0.25, -0.2) is 0 Å². The third-order valence-corrected chi connectivity index (χ3v) is 3.68. The minimum atomic E-state index is -0.527. The van der Waals surface area contributed by atoms with Crippen molar-refractivity contribution in [2.45, 2.75) is 32.2 Å². The number of hydrogen-bond acceptors (Lipinski definition) is 5. The van der Waals surface area contributed by atoms with Crippen molar-refractivity contribution < 1.29 is 14.3 Å². The van der Waals surface area contributed by atoms with Crippen molar-refractivity contribution in [3.05, 3.63) is 0 Å². The SMILES string of the molecule is COCCNC1(C(=O)OC)CCN(CC(C)C)CC1. The highest BCUT2D eigenvalue weighted by atomic mass is 16.5. The summed E-state index contributed by atoms with van der Waals surface area (Å²) in [6.07, 6.45) is 1.60. The number of ether oxygens (including phenoxy) is 2. The van der Waals surface area contributed by atoms with Crippen LogP contribution in [0.2, 0.25) is 0 Å². The molecule has 1 fully saturated rings. The van der Waals surface area contributed by atoms with E-state index in [1.165, 1.54) is 7.11 Å². The van der Waals surface area contributed by atoms with Gasteiger partial charge in [-0.1, -0.05) is 13.8 Å². The first-order chi connectivity index (χ1) is 9.04. The summed E-state index contributed by atoms with van der Waals surface area (Å²) in [5, 5.41) is 3.33. The minimum absolute atomic E-state index is 0.146. The smallest absolute Gasteiger partial charge is 0.326 e. The van der Waals surface area contributed by atoms with Crippen LogP contribution in [0, 0.1) is 5.92 Å². The molecule has 0 radical (unpaired) electrons. The molecule has 0 unspecified atom stereocenters. The molecule has 1 rings (SSSR count). The molecule has 112 valence electrons. The summed E-state index contributed by atoms with van der Waals surface area (Å²) in [5.41, 5.74) is -0.527. The van der Waals surface area contributed by atoms with Crippen LogP contribution in [-0.2, 0) is 14.3 Å². The number of nitrogens with one attached hydrogen (secondary N) is 1. The first-order valence-electron chi connectivity index (χ1n) is 7.09. The zero-order chi connectivity index (χ0) is 14.3. The van der Waals surface area contributed by atoms with Crippen molar-refractivity contribution in [1.29, 1.82) is 0 Å². The fraction of sp³-hybridized carbons (Fsp3) is 0.929. The van der Waals surface area contributed by atoms with E-state index in [0.717, 1.165) is 32.5 Å². The van der Waals surface area contributed by atoms with Crippen molar-refractivity contribution in [2.24, 2.45) is 5.92 Å². The van der Waals surface area contributed by atoms with Crippen LogP contribution in [0.1, 0.15) is 26.7 Å². The summed E-state index contributed by atoms with van der Waals surface area (Å²) >= 11 is 0. The zero-order valence-electron chi connectivity index (χ0n) is 12.7. The lowest BCUT2D eigenvalue weighted by Gasteiger charge is -2.40. The van der Waals surface area contributed by atoms with E-state index >= 15 is 0 Å². The molecular weight excluding hydrogens is 244 g/mol. The van der Waals surface area contributed by atoms with E-state index in [1.54, 1.807) is 7.11 Å². The average molecular weight is 272 g/mol. The normalized spacial score (nSPS) is 19.6. The fourth-order valence-electron chi connectivity index (χ4n) is 2.67. The molecule has 0 spiro atoms. The van der Waals surface area contributed by atoms with Gasteiger partial charge in [0.25, 0.3) is 0 Å². The fourth-order valence-corrected chi connectivity index (χ4v) is 2.67. The monoisotopic (exact) mass is 272 g/mol. The van der Waals surface area contributed by atoms with Gasteiger partial charge in [0.2, 0.25) is 0 Å². The molecule has 0 bridgehead atoms. The molecule has 1 heterocycles. The molecular formula is C14H28N2O3. The number of nitrogens with zero attached hydrogens (tertiary/aromatic N) is 1. The third kappa shape index (κ3) is 4.75. The van der Waals surface area contributed by atoms with Crippen molar-refractivity contribution in [2.75, 3.05) is 47.0 Å². The van der Waals surface area contributed by atoms with Crippen LogP contribution in [0.25, 0.3) is 0 Å². The van der Waals surface area contributed by atoms with Crippen molar-refractivity contribution in [1.82, 2.24) is 10.2 Å². The summed E-state index contributed by atoms with van der Waals surface area (Å²) < 4.78 is 10.0. The predicted molar refractivity (Wildman–Crippen MR) is 75.1 cm³/mol. The molecule has 0 aromatic heterocycles. The third-order valence-electron chi connectivity index (χ3n) is 3.68. The molecule has 1 N–H and O–H groups in total. The molecule has 0 aromatic rings. The molecule has 1 aliphatic heterocycles. The highest BCUT2D eigenvalue weighted by Crippen LogP contribution is 2.24. The number of likely N-dealkylation sites (tertiary alicyclic amines) is 1. The Morgan fingerprint density at radius 1 is 1.32 bits per heavy atom. The number of carbonyl (C=O) groups excluding carboxylic acids is 1. The molecule has 0 aromatic carbocycles. The van der Waals surface area contributed by atoms with Crippen molar-refractivity contribution in [3.8, 4) is 0 Å². The molecule has 0 aliphatic carbocycles. The lowest BCUT2D eigenvalue weighted by molar-refractivity contribution is -0.151. The Bertz CT molecular complexity index is 274. The maximum Gasteiger partial charge on any atom is 0.326 e. The number of piperidine rings is 1. The van der Waals surface area contributed by atoms with Crippen LogP contribution in [0.4, 0.5) is 0 Å². The topological polar surface area (TPSA) is 50.8 Å². The number of carbonyl (C=O) groups is 1. The zero-order valence-corrected chi connectivity index (χ0v) is 12.7. The maximum absolute atomic E-state index is 12.1. The Balaban J connectivity index is 2.56. The van der Waals surface area contributed by atoms with Gasteiger partial charge in [0.05, 0.1) is 13.7 Å². The standard InChI is InChI=1S/C14H28N2O3/c1-12(2)11-16-8-5-14(6-9-16,13(17)19-4)15-7-10-18-3/h12,15H,5-11H2,1-4H3. The minimum Gasteiger partial charge on any atom is -0.468 e. The molecule has 5 heteroatoms. The summed E-state index contributed by atoms with van der Waals surface area (Å²) in [4.78, 5) is 14.5. The van der Waals surface area contributed by atoms with Crippen LogP contribution < -0.4 is 5.32 Å². The summed E-state index contributed by atoms with van der Waals surface area (Å²) in [5.74, 6) is 0.514. The number of rotatable bonds is 7. The Labute approximate surface area is 116 Å². The van der Waals surface area contributed by atoms with Crippen LogP contribution in [-0.4, -0.2) is 63.4 Å². The van der Waals surface area contributed by atoms with Gasteiger partial charge in [-0.2, -0.15) is 0 Å². The summed E-state index contributed by atoms with van der Waals surface area (Å²) in [6, 6.07) is 0. The lowest BCUT2D eigenvalue weighted by Crippen LogP contribution is -2.59. The second-order valence-corrected chi connectivity index (χ2v) is 5.69. The van der Waals surface area contributed by atoms with Crippen LogP contribution >= 0.6 is 0 Å². The lowest BCUT2D eigenvalue weighted by atomic mass is 9.87. The van der Waals surface area contributed by atoms with E-state index in [9.17, 15) is 4.79 Å². The van der Waals surface area contributed by atoms with Gasteiger partial charge in [-0.3, -0.25) is 10.1 Å². The van der Waals surface area contributed by atoms with E-state index in [0.29, 0.717) is 19.1 Å². The molecule has 19 heavy (non-hydrogen) atoms. The van der Waals surface area contributed by atoms with Crippen LogP contribution in [0.15, 0.2) is 0 Å². The van der Waals surface area contributed by atoms with Gasteiger partial charge in [0.1, 0.15) is 5.54 Å². The summed E-state index contributed by atoms with van der Waals surface area (Å²) in [7, 11) is 3.13. The van der Waals surface area contributed by atoms with Gasteiger partial charge in [-0.05, 0) is 18.8 Å². The van der Waals surface area contributed by atoms with Gasteiger partial charge < -0.3 is 14.4 Å². The second kappa shape index (κ2) is 7.82. The second-order valence-electron chi connectivity index (χ2n) is 5.69. The highest BCUT2D eigenvalue weighted by molar-refractivity contribution is 5.81. The van der Waals surface area contributed by atoms with E-state index in [2.05, 4.69) is 24.1 Å². The molecule has 0 saturated carbocycles. The van der Waals surface area contributed by atoms with Gasteiger partial charge in [0.15, 0.2) is 0 Å². The van der Waals surface area contributed by atoms with Crippen molar-refractivity contribution in [3.63, 3.8) is 0 Å².